The van der Waals surface area contributed by atoms with Crippen molar-refractivity contribution in [1.29, 1.82) is 0 Å². The maximum Gasteiger partial charge on any atom is -0.0213 e. The molecule has 1 rings (SSSR count). The summed E-state index contributed by atoms with van der Waals surface area (Å²) in [6.07, 6.45) is 7.72. The van der Waals surface area contributed by atoms with Gasteiger partial charge in [-0.2, -0.15) is 0 Å². The van der Waals surface area contributed by atoms with Gasteiger partial charge in [0.25, 0.3) is 0 Å². The summed E-state index contributed by atoms with van der Waals surface area (Å²) >= 11 is 0. The van der Waals surface area contributed by atoms with Crippen LogP contribution in [0.5, 0.6) is 0 Å². The summed E-state index contributed by atoms with van der Waals surface area (Å²) in [5.74, 6) is 0.662. The first kappa shape index (κ1) is 14.3. The summed E-state index contributed by atoms with van der Waals surface area (Å²) in [5, 5.41) is 0. The van der Waals surface area contributed by atoms with Gasteiger partial charge in [-0.25, -0.2) is 0 Å². The quantitative estimate of drug-likeness (QED) is 0.582. The van der Waals surface area contributed by atoms with Gasteiger partial charge in [0.15, 0.2) is 0 Å². The molecule has 0 spiro atoms. The highest BCUT2D eigenvalue weighted by Gasteiger charge is 2.11. The van der Waals surface area contributed by atoms with E-state index in [1.165, 1.54) is 38.5 Å². The molecule has 17 heavy (non-hydrogen) atoms. The average molecular weight is 232 g/mol. The van der Waals surface area contributed by atoms with Gasteiger partial charge in [-0.1, -0.05) is 58.7 Å². The van der Waals surface area contributed by atoms with E-state index in [2.05, 4.69) is 45.9 Å². The van der Waals surface area contributed by atoms with Crippen LogP contribution in [0.3, 0.4) is 0 Å². The molecule has 0 atom stereocenters. The van der Waals surface area contributed by atoms with Gasteiger partial charge >= 0.3 is 0 Å². The van der Waals surface area contributed by atoms with Crippen LogP contribution in [0, 0.1) is 0 Å². The second-order valence-electron chi connectivity index (χ2n) is 5.35. The van der Waals surface area contributed by atoms with Crippen LogP contribution in [0.15, 0.2) is 18.2 Å². The Hall–Kier alpha value is -0.780. The van der Waals surface area contributed by atoms with E-state index in [1.807, 2.05) is 0 Å². The Morgan fingerprint density at radius 1 is 0.882 bits per heavy atom. The van der Waals surface area contributed by atoms with Crippen molar-refractivity contribution in [3.8, 4) is 0 Å². The second kappa shape index (κ2) is 7.53. The van der Waals surface area contributed by atoms with Crippen molar-refractivity contribution >= 4 is 0 Å². The van der Waals surface area contributed by atoms with Crippen LogP contribution in [0.2, 0.25) is 0 Å². The summed E-state index contributed by atoms with van der Waals surface area (Å²) in [6, 6.07) is 6.92. The zero-order chi connectivity index (χ0) is 12.7. The standard InChI is InChI=1S/C17H28/c1-5-7-10-15-12-9-13-16(11-8-6-2)17(15)14(3)4/h9,12-14H,5-8,10-11H2,1-4H3. The SMILES string of the molecule is CCCCc1cccc(CCCC)c1C(C)C. The number of unbranched alkanes of at least 4 members (excludes halogenated alkanes) is 2. The van der Waals surface area contributed by atoms with Gasteiger partial charge < -0.3 is 0 Å². The minimum Gasteiger partial charge on any atom is -0.0654 e. The lowest BCUT2D eigenvalue weighted by Gasteiger charge is -2.18. The second-order valence-corrected chi connectivity index (χ2v) is 5.35. The minimum absolute atomic E-state index is 0.662. The van der Waals surface area contributed by atoms with Crippen molar-refractivity contribution < 1.29 is 0 Å². The predicted octanol–water partition coefficient (Wildman–Crippen LogP) is 5.50. The van der Waals surface area contributed by atoms with Gasteiger partial charge in [-0.05, 0) is 48.3 Å². The molecular formula is C17H28. The number of hydrogen-bond donors (Lipinski definition) is 0. The van der Waals surface area contributed by atoms with E-state index >= 15 is 0 Å². The summed E-state index contributed by atoms with van der Waals surface area (Å²) in [6.45, 7) is 9.21. The highest BCUT2D eigenvalue weighted by molar-refractivity contribution is 5.38. The normalized spacial score (nSPS) is 11.1. The molecule has 0 heteroatoms. The molecule has 0 aliphatic rings. The number of benzene rings is 1. The summed E-state index contributed by atoms with van der Waals surface area (Å²) in [4.78, 5) is 0. The predicted molar refractivity (Wildman–Crippen MR) is 77.8 cm³/mol. The molecule has 1 aromatic rings. The minimum atomic E-state index is 0.662. The number of rotatable bonds is 7. The van der Waals surface area contributed by atoms with Gasteiger partial charge in [0, 0.05) is 0 Å². The molecule has 0 bridgehead atoms. The van der Waals surface area contributed by atoms with E-state index in [0.717, 1.165) is 0 Å². The van der Waals surface area contributed by atoms with Crippen molar-refractivity contribution in [3.63, 3.8) is 0 Å². The molecule has 0 aliphatic carbocycles. The lowest BCUT2D eigenvalue weighted by atomic mass is 9.88. The van der Waals surface area contributed by atoms with Crippen LogP contribution in [-0.2, 0) is 12.8 Å². The van der Waals surface area contributed by atoms with Crippen molar-refractivity contribution in [2.45, 2.75) is 72.1 Å². The molecule has 0 nitrogen and oxygen atoms in total. The van der Waals surface area contributed by atoms with E-state index in [4.69, 9.17) is 0 Å². The maximum absolute atomic E-state index is 2.33. The van der Waals surface area contributed by atoms with Crippen LogP contribution in [-0.4, -0.2) is 0 Å². The monoisotopic (exact) mass is 232 g/mol. The Kier molecular flexibility index (Phi) is 6.32. The van der Waals surface area contributed by atoms with Crippen LogP contribution in [0.4, 0.5) is 0 Å². The Labute approximate surface area is 107 Å². The van der Waals surface area contributed by atoms with E-state index < -0.39 is 0 Å². The maximum atomic E-state index is 2.33. The van der Waals surface area contributed by atoms with Gasteiger partial charge in [-0.3, -0.25) is 0 Å². The Morgan fingerprint density at radius 2 is 1.35 bits per heavy atom. The molecule has 0 saturated carbocycles. The summed E-state index contributed by atoms with van der Waals surface area (Å²) in [5.41, 5.74) is 4.82. The van der Waals surface area contributed by atoms with Gasteiger partial charge in [0.1, 0.15) is 0 Å². The van der Waals surface area contributed by atoms with Crippen LogP contribution in [0.1, 0.15) is 76.0 Å². The molecule has 0 fully saturated rings. The molecule has 0 heterocycles. The molecular weight excluding hydrogens is 204 g/mol. The lowest BCUT2D eigenvalue weighted by Crippen LogP contribution is -2.02. The molecule has 96 valence electrons. The molecule has 0 amide bonds. The van der Waals surface area contributed by atoms with Gasteiger partial charge in [0.2, 0.25) is 0 Å². The van der Waals surface area contributed by atoms with E-state index in [0.29, 0.717) is 5.92 Å². The first-order valence-electron chi connectivity index (χ1n) is 7.31. The first-order chi connectivity index (χ1) is 8.20. The van der Waals surface area contributed by atoms with Crippen LogP contribution < -0.4 is 0 Å². The Morgan fingerprint density at radius 3 is 1.71 bits per heavy atom. The third kappa shape index (κ3) is 4.18. The van der Waals surface area contributed by atoms with Crippen LogP contribution >= 0.6 is 0 Å². The van der Waals surface area contributed by atoms with E-state index in [-0.39, 0.29) is 0 Å². The molecule has 0 radical (unpaired) electrons. The highest BCUT2D eigenvalue weighted by Crippen LogP contribution is 2.26. The first-order valence-corrected chi connectivity index (χ1v) is 7.31. The third-order valence-electron chi connectivity index (χ3n) is 3.46. The highest BCUT2D eigenvalue weighted by atomic mass is 14.2. The Balaban J connectivity index is 2.95. The smallest absolute Gasteiger partial charge is 0.0213 e. The van der Waals surface area contributed by atoms with Gasteiger partial charge in [-0.15, -0.1) is 0 Å². The van der Waals surface area contributed by atoms with Crippen molar-refractivity contribution in [2.75, 3.05) is 0 Å². The number of aryl methyl sites for hydroxylation is 2. The fraction of sp³-hybridized carbons (Fsp3) is 0.647. The van der Waals surface area contributed by atoms with Gasteiger partial charge in [0.05, 0.1) is 0 Å². The van der Waals surface area contributed by atoms with E-state index in [1.54, 1.807) is 16.7 Å². The zero-order valence-corrected chi connectivity index (χ0v) is 12.1. The topological polar surface area (TPSA) is 0 Å². The average Bonchev–Trinajstić information content (AvgIpc) is 2.33. The lowest BCUT2D eigenvalue weighted by molar-refractivity contribution is 0.739. The zero-order valence-electron chi connectivity index (χ0n) is 12.1. The molecule has 1 aromatic carbocycles. The third-order valence-corrected chi connectivity index (χ3v) is 3.46. The largest absolute Gasteiger partial charge is 0.0654 e. The van der Waals surface area contributed by atoms with Crippen molar-refractivity contribution in [1.82, 2.24) is 0 Å². The fourth-order valence-electron chi connectivity index (χ4n) is 2.58. The fourth-order valence-corrected chi connectivity index (χ4v) is 2.58. The summed E-state index contributed by atoms with van der Waals surface area (Å²) < 4.78 is 0. The number of hydrogen-bond acceptors (Lipinski definition) is 0. The molecule has 0 N–H and O–H groups in total. The van der Waals surface area contributed by atoms with Crippen LogP contribution in [0.25, 0.3) is 0 Å². The molecule has 0 aliphatic heterocycles. The van der Waals surface area contributed by atoms with E-state index in [9.17, 15) is 0 Å². The summed E-state index contributed by atoms with van der Waals surface area (Å²) in [7, 11) is 0. The molecule has 0 aromatic heterocycles. The molecule has 0 unspecified atom stereocenters. The van der Waals surface area contributed by atoms with Crippen molar-refractivity contribution in [2.24, 2.45) is 0 Å². The Bertz CT molecular complexity index is 297. The molecule has 0 saturated heterocycles. The van der Waals surface area contributed by atoms with Crippen molar-refractivity contribution in [3.05, 3.63) is 34.9 Å².